The molecule has 1 aliphatic carbocycles. The molecule has 2 rings (SSSR count). The van der Waals surface area contributed by atoms with Crippen LogP contribution in [-0.2, 0) is 14.3 Å². The Bertz CT molecular complexity index is 226. The molecule has 2 fully saturated rings. The van der Waals surface area contributed by atoms with E-state index in [9.17, 15) is 4.79 Å². The molecule has 1 saturated carbocycles. The maximum absolute atomic E-state index is 11.3. The first-order valence-corrected chi connectivity index (χ1v) is 4.96. The van der Waals surface area contributed by atoms with Gasteiger partial charge in [0.2, 0.25) is 0 Å². The van der Waals surface area contributed by atoms with E-state index in [2.05, 4.69) is 0 Å². The molecule has 0 amide bonds. The van der Waals surface area contributed by atoms with E-state index >= 15 is 0 Å². The molecule has 0 bridgehead atoms. The van der Waals surface area contributed by atoms with Gasteiger partial charge in [0.1, 0.15) is 5.60 Å². The first-order chi connectivity index (χ1) is 6.20. The molecule has 1 aliphatic heterocycles. The number of hydrogen-bond acceptors (Lipinski definition) is 3. The molecule has 13 heavy (non-hydrogen) atoms. The van der Waals surface area contributed by atoms with Gasteiger partial charge in [-0.3, -0.25) is 4.79 Å². The van der Waals surface area contributed by atoms with E-state index < -0.39 is 0 Å². The number of hydrogen-bond donors (Lipinski definition) is 0. The van der Waals surface area contributed by atoms with E-state index in [1.54, 1.807) is 0 Å². The molecule has 0 spiro atoms. The summed E-state index contributed by atoms with van der Waals surface area (Å²) in [5.74, 6) is -0.229. The lowest BCUT2D eigenvalue weighted by Gasteiger charge is -2.21. The predicted molar refractivity (Wildman–Crippen MR) is 47.3 cm³/mol. The molecule has 0 aromatic carbocycles. The van der Waals surface area contributed by atoms with Gasteiger partial charge in [-0.2, -0.15) is 0 Å². The van der Waals surface area contributed by atoms with Crippen molar-refractivity contribution in [2.24, 2.45) is 5.92 Å². The summed E-state index contributed by atoms with van der Waals surface area (Å²) in [4.78, 5) is 11.3. The fourth-order valence-electron chi connectivity index (χ4n) is 2.46. The standard InChI is InChI=1S/C10H16O3/c1-7(9(11)12-2)10-6-4-3-5-8(10)13-10/h7-8H,3-6H2,1-2H3. The summed E-state index contributed by atoms with van der Waals surface area (Å²) in [6.07, 6.45) is 4.88. The summed E-state index contributed by atoms with van der Waals surface area (Å²) in [5, 5.41) is 0. The van der Waals surface area contributed by atoms with Gasteiger partial charge in [-0.25, -0.2) is 0 Å². The number of methoxy groups -OCH3 is 1. The highest BCUT2D eigenvalue weighted by Gasteiger charge is 2.62. The average molecular weight is 184 g/mol. The second-order valence-corrected chi connectivity index (χ2v) is 4.05. The van der Waals surface area contributed by atoms with E-state index in [1.807, 2.05) is 6.92 Å². The van der Waals surface area contributed by atoms with Gasteiger partial charge in [0.15, 0.2) is 0 Å². The minimum absolute atomic E-state index is 0.0946. The van der Waals surface area contributed by atoms with Crippen LogP contribution >= 0.6 is 0 Å². The van der Waals surface area contributed by atoms with Gasteiger partial charge in [-0.1, -0.05) is 12.8 Å². The highest BCUT2D eigenvalue weighted by molar-refractivity contribution is 5.74. The largest absolute Gasteiger partial charge is 0.469 e. The molecule has 3 nitrogen and oxygen atoms in total. The topological polar surface area (TPSA) is 38.8 Å². The smallest absolute Gasteiger partial charge is 0.311 e. The quantitative estimate of drug-likeness (QED) is 0.482. The maximum Gasteiger partial charge on any atom is 0.311 e. The molecule has 0 radical (unpaired) electrons. The normalized spacial score (nSPS) is 39.1. The highest BCUT2D eigenvalue weighted by atomic mass is 16.6. The Morgan fingerprint density at radius 2 is 2.38 bits per heavy atom. The molecule has 74 valence electrons. The number of epoxide rings is 1. The molecular weight excluding hydrogens is 168 g/mol. The second kappa shape index (κ2) is 2.98. The van der Waals surface area contributed by atoms with Crippen LogP contribution in [0.2, 0.25) is 0 Å². The van der Waals surface area contributed by atoms with Crippen LogP contribution in [0, 0.1) is 5.92 Å². The number of ether oxygens (including phenoxy) is 2. The van der Waals surface area contributed by atoms with Gasteiger partial charge < -0.3 is 9.47 Å². The third-order valence-electron chi connectivity index (χ3n) is 3.42. The lowest BCUT2D eigenvalue weighted by atomic mass is 9.80. The third kappa shape index (κ3) is 1.26. The Labute approximate surface area is 78.4 Å². The molecule has 3 atom stereocenters. The van der Waals surface area contributed by atoms with Crippen LogP contribution in [0.1, 0.15) is 32.6 Å². The Kier molecular flexibility index (Phi) is 2.06. The van der Waals surface area contributed by atoms with Crippen molar-refractivity contribution in [3.8, 4) is 0 Å². The van der Waals surface area contributed by atoms with Crippen molar-refractivity contribution in [1.82, 2.24) is 0 Å². The minimum atomic E-state index is -0.147. The van der Waals surface area contributed by atoms with Gasteiger partial charge >= 0.3 is 5.97 Å². The summed E-state index contributed by atoms with van der Waals surface area (Å²) < 4.78 is 10.4. The number of carbonyl (C=O) groups is 1. The van der Waals surface area contributed by atoms with E-state index in [4.69, 9.17) is 9.47 Å². The van der Waals surface area contributed by atoms with E-state index in [0.717, 1.165) is 12.8 Å². The molecule has 1 saturated heterocycles. The fourth-order valence-corrected chi connectivity index (χ4v) is 2.46. The van der Waals surface area contributed by atoms with Crippen LogP contribution in [-0.4, -0.2) is 24.8 Å². The fraction of sp³-hybridized carbons (Fsp3) is 0.900. The molecule has 0 N–H and O–H groups in total. The summed E-state index contributed by atoms with van der Waals surface area (Å²) in [7, 11) is 1.44. The summed E-state index contributed by atoms with van der Waals surface area (Å²) >= 11 is 0. The minimum Gasteiger partial charge on any atom is -0.469 e. The van der Waals surface area contributed by atoms with Crippen molar-refractivity contribution in [2.75, 3.05) is 7.11 Å². The van der Waals surface area contributed by atoms with Crippen LogP contribution in [0.15, 0.2) is 0 Å². The second-order valence-electron chi connectivity index (χ2n) is 4.05. The van der Waals surface area contributed by atoms with Crippen LogP contribution < -0.4 is 0 Å². The molecule has 0 aromatic heterocycles. The first kappa shape index (κ1) is 9.00. The van der Waals surface area contributed by atoms with Gasteiger partial charge in [0, 0.05) is 0 Å². The Morgan fingerprint density at radius 1 is 1.62 bits per heavy atom. The van der Waals surface area contributed by atoms with E-state index in [1.165, 1.54) is 20.0 Å². The zero-order chi connectivity index (χ0) is 9.47. The molecular formula is C10H16O3. The van der Waals surface area contributed by atoms with E-state index in [0.29, 0.717) is 6.10 Å². The summed E-state index contributed by atoms with van der Waals surface area (Å²) in [6.45, 7) is 1.91. The maximum atomic E-state index is 11.3. The number of esters is 1. The number of rotatable bonds is 2. The molecule has 3 heteroatoms. The molecule has 2 aliphatic rings. The zero-order valence-corrected chi connectivity index (χ0v) is 8.21. The van der Waals surface area contributed by atoms with Gasteiger partial charge in [-0.15, -0.1) is 0 Å². The lowest BCUT2D eigenvalue weighted by Crippen LogP contribution is -2.33. The highest BCUT2D eigenvalue weighted by Crippen LogP contribution is 2.52. The Hall–Kier alpha value is -0.570. The summed E-state index contributed by atoms with van der Waals surface area (Å²) in [5.41, 5.74) is -0.147. The van der Waals surface area contributed by atoms with Crippen molar-refractivity contribution in [1.29, 1.82) is 0 Å². The Balaban J connectivity index is 2.04. The predicted octanol–water partition coefficient (Wildman–Crippen LogP) is 1.51. The molecule has 1 heterocycles. The van der Waals surface area contributed by atoms with Crippen molar-refractivity contribution in [2.45, 2.75) is 44.3 Å². The SMILES string of the molecule is COC(=O)C(C)C12CCCCC1O2. The van der Waals surface area contributed by atoms with Crippen LogP contribution in [0.3, 0.4) is 0 Å². The van der Waals surface area contributed by atoms with Crippen molar-refractivity contribution in [3.05, 3.63) is 0 Å². The van der Waals surface area contributed by atoms with Gasteiger partial charge in [0.05, 0.1) is 19.1 Å². The van der Waals surface area contributed by atoms with E-state index in [-0.39, 0.29) is 17.5 Å². The first-order valence-electron chi connectivity index (χ1n) is 4.96. The summed E-state index contributed by atoms with van der Waals surface area (Å²) in [6, 6.07) is 0. The van der Waals surface area contributed by atoms with Gasteiger partial charge in [-0.05, 0) is 19.8 Å². The van der Waals surface area contributed by atoms with Crippen molar-refractivity contribution >= 4 is 5.97 Å². The van der Waals surface area contributed by atoms with Crippen LogP contribution in [0.4, 0.5) is 0 Å². The third-order valence-corrected chi connectivity index (χ3v) is 3.42. The monoisotopic (exact) mass is 184 g/mol. The van der Waals surface area contributed by atoms with Gasteiger partial charge in [0.25, 0.3) is 0 Å². The van der Waals surface area contributed by atoms with Crippen LogP contribution in [0.5, 0.6) is 0 Å². The average Bonchev–Trinajstić information content (AvgIpc) is 2.90. The number of carbonyl (C=O) groups excluding carboxylic acids is 1. The lowest BCUT2D eigenvalue weighted by molar-refractivity contribution is -0.147. The zero-order valence-electron chi connectivity index (χ0n) is 8.21. The van der Waals surface area contributed by atoms with Crippen molar-refractivity contribution in [3.63, 3.8) is 0 Å². The molecule has 0 aromatic rings. The van der Waals surface area contributed by atoms with Crippen molar-refractivity contribution < 1.29 is 14.3 Å². The number of fused-ring (bicyclic) bond motifs is 1. The van der Waals surface area contributed by atoms with Crippen LogP contribution in [0.25, 0.3) is 0 Å². The molecule has 3 unspecified atom stereocenters. The Morgan fingerprint density at radius 3 is 3.00 bits per heavy atom.